The molecule has 0 aliphatic carbocycles. The summed E-state index contributed by atoms with van der Waals surface area (Å²) >= 11 is 1.79. The van der Waals surface area contributed by atoms with E-state index < -0.39 is 0 Å². The summed E-state index contributed by atoms with van der Waals surface area (Å²) in [7, 11) is 0. The molecule has 0 saturated carbocycles. The van der Waals surface area contributed by atoms with Crippen molar-refractivity contribution in [2.75, 3.05) is 13.1 Å². The minimum Gasteiger partial charge on any atom is -0.331 e. The van der Waals surface area contributed by atoms with Crippen molar-refractivity contribution in [3.63, 3.8) is 0 Å². The minimum atomic E-state index is 0.0465. The zero-order valence-corrected chi connectivity index (χ0v) is 12.1. The third-order valence-corrected chi connectivity index (χ3v) is 4.76. The summed E-state index contributed by atoms with van der Waals surface area (Å²) in [5.41, 5.74) is 8.00. The van der Waals surface area contributed by atoms with Gasteiger partial charge in [-0.2, -0.15) is 0 Å². The maximum Gasteiger partial charge on any atom is 0.224 e. The standard InChI is InChI=1S/C16H18N2OS/c17-9-6-15(19)18-10-7-14-13(8-11-20-14)16(18)12-4-2-1-3-5-12/h1-5,8,11,16H,6-7,9-10,17H2. The van der Waals surface area contributed by atoms with Crippen LogP contribution in [-0.4, -0.2) is 23.9 Å². The van der Waals surface area contributed by atoms with Crippen LogP contribution in [0.5, 0.6) is 0 Å². The molecule has 2 aromatic rings. The number of amides is 1. The molecule has 1 atom stereocenters. The minimum absolute atomic E-state index is 0.0465. The number of hydrogen-bond donors (Lipinski definition) is 1. The Morgan fingerprint density at radius 2 is 2.10 bits per heavy atom. The van der Waals surface area contributed by atoms with Crippen LogP contribution >= 0.6 is 11.3 Å². The van der Waals surface area contributed by atoms with Crippen molar-refractivity contribution in [2.24, 2.45) is 5.73 Å². The van der Waals surface area contributed by atoms with Crippen LogP contribution in [0.3, 0.4) is 0 Å². The molecule has 20 heavy (non-hydrogen) atoms. The topological polar surface area (TPSA) is 46.3 Å². The number of hydrogen-bond acceptors (Lipinski definition) is 3. The van der Waals surface area contributed by atoms with Gasteiger partial charge in [0, 0.05) is 24.4 Å². The molecule has 2 N–H and O–H groups in total. The predicted molar refractivity (Wildman–Crippen MR) is 81.7 cm³/mol. The first-order valence-electron chi connectivity index (χ1n) is 6.92. The van der Waals surface area contributed by atoms with E-state index in [0.29, 0.717) is 13.0 Å². The molecule has 3 rings (SSSR count). The highest BCUT2D eigenvalue weighted by Crippen LogP contribution is 2.37. The van der Waals surface area contributed by atoms with E-state index in [1.54, 1.807) is 11.3 Å². The second-order valence-corrected chi connectivity index (χ2v) is 5.99. The van der Waals surface area contributed by atoms with E-state index in [1.165, 1.54) is 16.0 Å². The van der Waals surface area contributed by atoms with Crippen LogP contribution in [0.4, 0.5) is 0 Å². The molecule has 104 valence electrons. The Kier molecular flexibility index (Phi) is 3.85. The van der Waals surface area contributed by atoms with E-state index in [-0.39, 0.29) is 11.9 Å². The van der Waals surface area contributed by atoms with Crippen LogP contribution in [-0.2, 0) is 11.2 Å². The Bertz CT molecular complexity index is 594. The van der Waals surface area contributed by atoms with Crippen molar-refractivity contribution in [1.29, 1.82) is 0 Å². The van der Waals surface area contributed by atoms with Gasteiger partial charge in [-0.05, 0) is 29.0 Å². The first kappa shape index (κ1) is 13.3. The molecule has 4 heteroatoms. The van der Waals surface area contributed by atoms with Crippen molar-refractivity contribution < 1.29 is 4.79 Å². The van der Waals surface area contributed by atoms with Gasteiger partial charge < -0.3 is 10.6 Å². The summed E-state index contributed by atoms with van der Waals surface area (Å²) in [6.07, 6.45) is 1.37. The lowest BCUT2D eigenvalue weighted by molar-refractivity contribution is -0.133. The molecule has 0 spiro atoms. The van der Waals surface area contributed by atoms with E-state index in [4.69, 9.17) is 5.73 Å². The molecule has 1 amide bonds. The Hall–Kier alpha value is -1.65. The average molecular weight is 286 g/mol. The molecule has 1 unspecified atom stereocenters. The second kappa shape index (κ2) is 5.77. The lowest BCUT2D eigenvalue weighted by Gasteiger charge is -2.36. The predicted octanol–water partition coefficient (Wildman–Crippen LogP) is 2.57. The van der Waals surface area contributed by atoms with Gasteiger partial charge in [-0.3, -0.25) is 4.79 Å². The SMILES string of the molecule is NCCC(=O)N1CCc2sccc2C1c1ccccc1. The van der Waals surface area contributed by atoms with E-state index in [1.807, 2.05) is 23.1 Å². The smallest absolute Gasteiger partial charge is 0.224 e. The van der Waals surface area contributed by atoms with Crippen molar-refractivity contribution in [3.05, 3.63) is 57.8 Å². The number of thiophene rings is 1. The van der Waals surface area contributed by atoms with E-state index in [9.17, 15) is 4.79 Å². The van der Waals surface area contributed by atoms with Gasteiger partial charge in [0.1, 0.15) is 0 Å². The van der Waals surface area contributed by atoms with Crippen LogP contribution in [0.25, 0.3) is 0 Å². The van der Waals surface area contributed by atoms with Crippen molar-refractivity contribution >= 4 is 17.2 Å². The van der Waals surface area contributed by atoms with Crippen LogP contribution < -0.4 is 5.73 Å². The first-order valence-corrected chi connectivity index (χ1v) is 7.80. The average Bonchev–Trinajstić information content (AvgIpc) is 2.95. The van der Waals surface area contributed by atoms with Gasteiger partial charge >= 0.3 is 0 Å². The number of carbonyl (C=O) groups is 1. The van der Waals surface area contributed by atoms with E-state index in [0.717, 1.165) is 13.0 Å². The van der Waals surface area contributed by atoms with Gasteiger partial charge in [0.2, 0.25) is 5.91 Å². The summed E-state index contributed by atoms with van der Waals surface area (Å²) < 4.78 is 0. The normalized spacial score (nSPS) is 17.9. The fraction of sp³-hybridized carbons (Fsp3) is 0.312. The number of nitrogens with two attached hydrogens (primary N) is 1. The van der Waals surface area contributed by atoms with Crippen LogP contribution in [0.1, 0.15) is 28.5 Å². The third kappa shape index (κ3) is 2.37. The number of nitrogens with zero attached hydrogens (tertiary/aromatic N) is 1. The summed E-state index contributed by atoms with van der Waals surface area (Å²) in [5.74, 6) is 0.151. The monoisotopic (exact) mass is 286 g/mol. The molecule has 1 aromatic heterocycles. The fourth-order valence-corrected chi connectivity index (χ4v) is 3.75. The molecule has 1 aliphatic heterocycles. The number of rotatable bonds is 3. The van der Waals surface area contributed by atoms with Crippen LogP contribution in [0.15, 0.2) is 41.8 Å². The quantitative estimate of drug-likeness (QED) is 0.942. The van der Waals surface area contributed by atoms with Gasteiger partial charge in [0.15, 0.2) is 0 Å². The number of carbonyl (C=O) groups excluding carboxylic acids is 1. The zero-order chi connectivity index (χ0) is 13.9. The first-order chi connectivity index (χ1) is 9.81. The van der Waals surface area contributed by atoms with Crippen molar-refractivity contribution in [1.82, 2.24) is 4.90 Å². The summed E-state index contributed by atoms with van der Waals surface area (Å²) in [5, 5.41) is 2.12. The van der Waals surface area contributed by atoms with Crippen molar-refractivity contribution in [2.45, 2.75) is 18.9 Å². The second-order valence-electron chi connectivity index (χ2n) is 4.99. The highest BCUT2D eigenvalue weighted by molar-refractivity contribution is 7.10. The summed E-state index contributed by atoms with van der Waals surface area (Å²) in [4.78, 5) is 15.7. The molecule has 0 radical (unpaired) electrons. The van der Waals surface area contributed by atoms with Crippen molar-refractivity contribution in [3.8, 4) is 0 Å². The Morgan fingerprint density at radius 3 is 2.85 bits per heavy atom. The Morgan fingerprint density at radius 1 is 1.30 bits per heavy atom. The molecule has 0 bridgehead atoms. The molecule has 0 fully saturated rings. The molecule has 3 nitrogen and oxygen atoms in total. The van der Waals surface area contributed by atoms with Gasteiger partial charge in [0.25, 0.3) is 0 Å². The highest BCUT2D eigenvalue weighted by Gasteiger charge is 2.32. The zero-order valence-electron chi connectivity index (χ0n) is 11.3. The molecular formula is C16H18N2OS. The molecule has 1 aliphatic rings. The summed E-state index contributed by atoms with van der Waals surface area (Å²) in [6, 6.07) is 12.5. The third-order valence-electron chi connectivity index (χ3n) is 3.76. The van der Waals surface area contributed by atoms with Gasteiger partial charge in [-0.15, -0.1) is 11.3 Å². The molecule has 2 heterocycles. The Balaban J connectivity index is 2.01. The fourth-order valence-electron chi connectivity index (χ4n) is 2.85. The van der Waals surface area contributed by atoms with Crippen LogP contribution in [0, 0.1) is 0 Å². The molecular weight excluding hydrogens is 268 g/mol. The highest BCUT2D eigenvalue weighted by atomic mass is 32.1. The Labute approximate surface area is 123 Å². The maximum atomic E-state index is 12.4. The van der Waals surface area contributed by atoms with Gasteiger partial charge in [-0.1, -0.05) is 30.3 Å². The summed E-state index contributed by atoms with van der Waals surface area (Å²) in [6.45, 7) is 1.19. The van der Waals surface area contributed by atoms with Crippen LogP contribution in [0.2, 0.25) is 0 Å². The molecule has 0 saturated heterocycles. The van der Waals surface area contributed by atoms with Gasteiger partial charge in [-0.25, -0.2) is 0 Å². The molecule has 1 aromatic carbocycles. The van der Waals surface area contributed by atoms with E-state index >= 15 is 0 Å². The lowest BCUT2D eigenvalue weighted by atomic mass is 9.93. The maximum absolute atomic E-state index is 12.4. The van der Waals surface area contributed by atoms with E-state index in [2.05, 4.69) is 23.6 Å². The largest absolute Gasteiger partial charge is 0.331 e. The lowest BCUT2D eigenvalue weighted by Crippen LogP contribution is -2.40. The van der Waals surface area contributed by atoms with Gasteiger partial charge in [0.05, 0.1) is 6.04 Å². The number of benzene rings is 1. The number of fused-ring (bicyclic) bond motifs is 1.